The highest BCUT2D eigenvalue weighted by molar-refractivity contribution is 9.10. The molecule has 3 rings (SSSR count). The molecule has 2 aromatic rings. The molecule has 0 aromatic heterocycles. The van der Waals surface area contributed by atoms with Gasteiger partial charge in [0, 0.05) is 42.6 Å². The molecule has 1 aliphatic rings. The topological polar surface area (TPSA) is 78.5 Å². The van der Waals surface area contributed by atoms with Crippen LogP contribution in [-0.4, -0.2) is 42.3 Å². The average Bonchev–Trinajstić information content (AvgIpc) is 3.07. The Morgan fingerprint density at radius 1 is 1.00 bits per heavy atom. The summed E-state index contributed by atoms with van der Waals surface area (Å²) in [7, 11) is 0. The molecular formula is C21H22BrN3O3. The van der Waals surface area contributed by atoms with Crippen LogP contribution in [0, 0.1) is 5.92 Å². The molecular weight excluding hydrogens is 422 g/mol. The van der Waals surface area contributed by atoms with Crippen molar-refractivity contribution in [1.82, 2.24) is 15.5 Å². The minimum atomic E-state index is -0.349. The van der Waals surface area contributed by atoms with Crippen molar-refractivity contribution in [3.63, 3.8) is 0 Å². The number of hydrogen-bond acceptors (Lipinski definition) is 3. The second kappa shape index (κ2) is 9.50. The standard InChI is InChI=1S/C21H22BrN3O3/c22-18-8-6-16(7-9-18)20(27)23-10-11-24-21(28)17-12-19(26)25(14-17)13-15-4-2-1-3-5-15/h1-9,17H,10-14H2,(H,23,27)(H,24,28). The Bertz CT molecular complexity index is 840. The van der Waals surface area contributed by atoms with Crippen LogP contribution in [0.15, 0.2) is 59.1 Å². The van der Waals surface area contributed by atoms with Gasteiger partial charge in [0.2, 0.25) is 11.8 Å². The molecule has 1 fully saturated rings. The number of rotatable bonds is 7. The van der Waals surface area contributed by atoms with Crippen LogP contribution in [0.4, 0.5) is 0 Å². The van der Waals surface area contributed by atoms with Crippen LogP contribution in [0.3, 0.4) is 0 Å². The predicted molar refractivity (Wildman–Crippen MR) is 109 cm³/mol. The van der Waals surface area contributed by atoms with Gasteiger partial charge in [-0.1, -0.05) is 46.3 Å². The molecule has 146 valence electrons. The highest BCUT2D eigenvalue weighted by Crippen LogP contribution is 2.20. The number of likely N-dealkylation sites (tertiary alicyclic amines) is 1. The van der Waals surface area contributed by atoms with Crippen molar-refractivity contribution in [1.29, 1.82) is 0 Å². The number of nitrogens with zero attached hydrogens (tertiary/aromatic N) is 1. The van der Waals surface area contributed by atoms with E-state index in [0.717, 1.165) is 10.0 Å². The molecule has 0 saturated carbocycles. The second-order valence-electron chi connectivity index (χ2n) is 6.71. The first-order valence-electron chi connectivity index (χ1n) is 9.16. The fraction of sp³-hybridized carbons (Fsp3) is 0.286. The SMILES string of the molecule is O=C(NCCNC(=O)C1CC(=O)N(Cc2ccccc2)C1)c1ccc(Br)cc1. The molecule has 7 heteroatoms. The summed E-state index contributed by atoms with van der Waals surface area (Å²) in [4.78, 5) is 38.3. The van der Waals surface area contributed by atoms with E-state index in [0.29, 0.717) is 31.7 Å². The Hall–Kier alpha value is -2.67. The van der Waals surface area contributed by atoms with E-state index in [2.05, 4.69) is 26.6 Å². The summed E-state index contributed by atoms with van der Waals surface area (Å²) < 4.78 is 0.906. The molecule has 28 heavy (non-hydrogen) atoms. The zero-order valence-electron chi connectivity index (χ0n) is 15.4. The van der Waals surface area contributed by atoms with Crippen molar-refractivity contribution < 1.29 is 14.4 Å². The van der Waals surface area contributed by atoms with E-state index in [4.69, 9.17) is 0 Å². The maximum Gasteiger partial charge on any atom is 0.251 e. The van der Waals surface area contributed by atoms with Gasteiger partial charge in [-0.2, -0.15) is 0 Å². The fourth-order valence-electron chi connectivity index (χ4n) is 3.11. The number of benzene rings is 2. The van der Waals surface area contributed by atoms with Gasteiger partial charge in [0.1, 0.15) is 0 Å². The van der Waals surface area contributed by atoms with Crippen LogP contribution in [0.1, 0.15) is 22.3 Å². The third kappa shape index (κ3) is 5.42. The molecule has 2 aromatic carbocycles. The van der Waals surface area contributed by atoms with Crippen molar-refractivity contribution in [3.8, 4) is 0 Å². The third-order valence-corrected chi connectivity index (χ3v) is 5.15. The molecule has 0 radical (unpaired) electrons. The molecule has 1 atom stereocenters. The molecule has 2 N–H and O–H groups in total. The van der Waals surface area contributed by atoms with Crippen molar-refractivity contribution in [3.05, 3.63) is 70.2 Å². The molecule has 6 nitrogen and oxygen atoms in total. The van der Waals surface area contributed by atoms with Gasteiger partial charge in [0.05, 0.1) is 5.92 Å². The van der Waals surface area contributed by atoms with Gasteiger partial charge in [0.25, 0.3) is 5.91 Å². The summed E-state index contributed by atoms with van der Waals surface area (Å²) in [6.07, 6.45) is 0.226. The number of nitrogens with one attached hydrogen (secondary N) is 2. The molecule has 0 spiro atoms. The van der Waals surface area contributed by atoms with Crippen molar-refractivity contribution in [2.45, 2.75) is 13.0 Å². The lowest BCUT2D eigenvalue weighted by Gasteiger charge is -2.16. The van der Waals surface area contributed by atoms with Crippen LogP contribution in [0.2, 0.25) is 0 Å². The normalized spacial score (nSPS) is 16.1. The van der Waals surface area contributed by atoms with Crippen molar-refractivity contribution >= 4 is 33.7 Å². The first-order valence-corrected chi connectivity index (χ1v) is 9.95. The summed E-state index contributed by atoms with van der Waals surface area (Å²) >= 11 is 3.33. The van der Waals surface area contributed by atoms with Crippen LogP contribution in [-0.2, 0) is 16.1 Å². The summed E-state index contributed by atoms with van der Waals surface area (Å²) in [6, 6.07) is 16.8. The third-order valence-electron chi connectivity index (χ3n) is 4.62. The Morgan fingerprint density at radius 2 is 1.68 bits per heavy atom. The molecule has 1 unspecified atom stereocenters. The van der Waals surface area contributed by atoms with Gasteiger partial charge < -0.3 is 15.5 Å². The molecule has 1 saturated heterocycles. The predicted octanol–water partition coefficient (Wildman–Crippen LogP) is 2.34. The highest BCUT2D eigenvalue weighted by Gasteiger charge is 2.33. The first-order chi connectivity index (χ1) is 13.5. The molecule has 1 heterocycles. The number of halogens is 1. The smallest absolute Gasteiger partial charge is 0.251 e. The largest absolute Gasteiger partial charge is 0.354 e. The van der Waals surface area contributed by atoms with E-state index in [1.54, 1.807) is 29.2 Å². The van der Waals surface area contributed by atoms with Gasteiger partial charge in [-0.25, -0.2) is 0 Å². The second-order valence-corrected chi connectivity index (χ2v) is 7.63. The first kappa shape index (κ1) is 20.1. The molecule has 3 amide bonds. The van der Waals surface area contributed by atoms with E-state index in [-0.39, 0.29) is 30.1 Å². The van der Waals surface area contributed by atoms with Crippen LogP contribution in [0.5, 0.6) is 0 Å². The summed E-state index contributed by atoms with van der Waals surface area (Å²) in [5.41, 5.74) is 1.61. The number of amides is 3. The van der Waals surface area contributed by atoms with Crippen LogP contribution < -0.4 is 10.6 Å². The Balaban J connectivity index is 1.39. The molecule has 0 aliphatic carbocycles. The molecule has 0 bridgehead atoms. The number of hydrogen-bond donors (Lipinski definition) is 2. The van der Waals surface area contributed by atoms with Gasteiger partial charge in [-0.05, 0) is 29.8 Å². The van der Waals surface area contributed by atoms with Crippen LogP contribution >= 0.6 is 15.9 Å². The van der Waals surface area contributed by atoms with Crippen LogP contribution in [0.25, 0.3) is 0 Å². The van der Waals surface area contributed by atoms with E-state index in [1.165, 1.54) is 0 Å². The van der Waals surface area contributed by atoms with Gasteiger partial charge in [-0.15, -0.1) is 0 Å². The number of carbonyl (C=O) groups is 3. The summed E-state index contributed by atoms with van der Waals surface area (Å²) in [5.74, 6) is -0.695. The highest BCUT2D eigenvalue weighted by atomic mass is 79.9. The van der Waals surface area contributed by atoms with E-state index in [1.807, 2.05) is 30.3 Å². The average molecular weight is 444 g/mol. The minimum absolute atomic E-state index is 0.00690. The van der Waals surface area contributed by atoms with Crippen molar-refractivity contribution in [2.24, 2.45) is 5.92 Å². The van der Waals surface area contributed by atoms with Crippen molar-refractivity contribution in [2.75, 3.05) is 19.6 Å². The molecule has 1 aliphatic heterocycles. The van der Waals surface area contributed by atoms with Gasteiger partial charge in [-0.3, -0.25) is 14.4 Å². The lowest BCUT2D eigenvalue weighted by molar-refractivity contribution is -0.129. The van der Waals surface area contributed by atoms with E-state index in [9.17, 15) is 14.4 Å². The van der Waals surface area contributed by atoms with Gasteiger partial charge in [0.15, 0.2) is 0 Å². The monoisotopic (exact) mass is 443 g/mol. The van der Waals surface area contributed by atoms with E-state index < -0.39 is 0 Å². The number of carbonyl (C=O) groups excluding carboxylic acids is 3. The fourth-order valence-corrected chi connectivity index (χ4v) is 3.38. The maximum absolute atomic E-state index is 12.3. The Labute approximate surface area is 172 Å². The van der Waals surface area contributed by atoms with E-state index >= 15 is 0 Å². The quantitative estimate of drug-likeness (QED) is 0.644. The zero-order valence-corrected chi connectivity index (χ0v) is 16.9. The van der Waals surface area contributed by atoms with Gasteiger partial charge >= 0.3 is 0 Å². The summed E-state index contributed by atoms with van der Waals surface area (Å²) in [6.45, 7) is 1.59. The lowest BCUT2D eigenvalue weighted by atomic mass is 10.1. The zero-order chi connectivity index (χ0) is 19.9. The lowest BCUT2D eigenvalue weighted by Crippen LogP contribution is -2.38. The summed E-state index contributed by atoms with van der Waals surface area (Å²) in [5, 5.41) is 5.57. The Kier molecular flexibility index (Phi) is 6.81. The minimum Gasteiger partial charge on any atom is -0.354 e. The maximum atomic E-state index is 12.3. The Morgan fingerprint density at radius 3 is 2.39 bits per heavy atom.